The molecule has 0 saturated heterocycles. The number of nitrogens with zero attached hydrogens (tertiary/aromatic N) is 3. The summed E-state index contributed by atoms with van der Waals surface area (Å²) in [6.07, 6.45) is 7.75. The van der Waals surface area contributed by atoms with Gasteiger partial charge in [0.2, 0.25) is 0 Å². The van der Waals surface area contributed by atoms with Gasteiger partial charge in [-0.15, -0.1) is 0 Å². The molecule has 1 amide bonds. The molecule has 6 nitrogen and oxygen atoms in total. The fourth-order valence-corrected chi connectivity index (χ4v) is 2.49. The number of hydrogen-bond donors (Lipinski definition) is 1. The number of carbonyl (C=O) groups excluding carboxylic acids is 1. The van der Waals surface area contributed by atoms with Gasteiger partial charge in [-0.05, 0) is 30.7 Å². The van der Waals surface area contributed by atoms with E-state index in [-0.39, 0.29) is 5.91 Å². The average Bonchev–Trinajstić information content (AvgIpc) is 3.20. The summed E-state index contributed by atoms with van der Waals surface area (Å²) >= 11 is 0. The Morgan fingerprint density at radius 3 is 2.83 bits per heavy atom. The minimum Gasteiger partial charge on any atom is -0.494 e. The van der Waals surface area contributed by atoms with E-state index in [1.807, 2.05) is 30.6 Å². The molecule has 3 rings (SSSR count). The number of hydrogen-bond acceptors (Lipinski definition) is 3. The van der Waals surface area contributed by atoms with Crippen molar-refractivity contribution in [3.05, 3.63) is 54.5 Å². The molecular formula is C18H22N4O2. The molecule has 0 spiro atoms. The summed E-state index contributed by atoms with van der Waals surface area (Å²) in [5, 5.41) is 7.10. The molecule has 1 N–H and O–H groups in total. The minimum absolute atomic E-state index is 0.0770. The molecule has 6 heteroatoms. The fraction of sp³-hybridized carbons (Fsp3) is 0.333. The van der Waals surface area contributed by atoms with Gasteiger partial charge in [-0.2, -0.15) is 5.10 Å². The van der Waals surface area contributed by atoms with Gasteiger partial charge in [-0.25, -0.2) is 4.52 Å². The molecule has 0 bridgehead atoms. The van der Waals surface area contributed by atoms with Crippen molar-refractivity contribution in [3.8, 4) is 5.75 Å². The molecule has 0 atom stereocenters. The second-order valence-corrected chi connectivity index (χ2v) is 5.61. The van der Waals surface area contributed by atoms with Crippen molar-refractivity contribution < 1.29 is 9.53 Å². The number of rotatable bonds is 8. The van der Waals surface area contributed by atoms with E-state index in [4.69, 9.17) is 4.74 Å². The zero-order chi connectivity index (χ0) is 16.8. The maximum atomic E-state index is 12.2. The van der Waals surface area contributed by atoms with Crippen LogP contribution >= 0.6 is 0 Å². The lowest BCUT2D eigenvalue weighted by molar-refractivity contribution is 0.0952. The fourth-order valence-electron chi connectivity index (χ4n) is 2.49. The van der Waals surface area contributed by atoms with Crippen LogP contribution in [0.2, 0.25) is 0 Å². The third-order valence-corrected chi connectivity index (χ3v) is 3.85. The molecular weight excluding hydrogens is 304 g/mol. The molecule has 3 aromatic rings. The van der Waals surface area contributed by atoms with Crippen molar-refractivity contribution in [2.24, 2.45) is 0 Å². The average molecular weight is 326 g/mol. The first-order valence-corrected chi connectivity index (χ1v) is 8.27. The van der Waals surface area contributed by atoms with Crippen LogP contribution in [0.25, 0.3) is 5.65 Å². The van der Waals surface area contributed by atoms with E-state index in [1.54, 1.807) is 22.8 Å². The van der Waals surface area contributed by atoms with E-state index in [1.165, 1.54) is 0 Å². The SMILES string of the molecule is CCCCOc1ccc(C(=O)NCCn2ccn3nccc23)cc1. The summed E-state index contributed by atoms with van der Waals surface area (Å²) in [7, 11) is 0. The molecule has 0 aliphatic carbocycles. The first kappa shape index (κ1) is 16.1. The number of amides is 1. The Morgan fingerprint density at radius 1 is 1.21 bits per heavy atom. The maximum absolute atomic E-state index is 12.2. The maximum Gasteiger partial charge on any atom is 0.251 e. The molecule has 0 saturated carbocycles. The number of carbonyl (C=O) groups is 1. The minimum atomic E-state index is -0.0770. The van der Waals surface area contributed by atoms with Crippen LogP contribution in [0.4, 0.5) is 0 Å². The Hall–Kier alpha value is -2.76. The summed E-state index contributed by atoms with van der Waals surface area (Å²) in [4.78, 5) is 12.2. The molecule has 2 heterocycles. The van der Waals surface area contributed by atoms with Gasteiger partial charge in [-0.1, -0.05) is 13.3 Å². The van der Waals surface area contributed by atoms with Crippen molar-refractivity contribution in [2.75, 3.05) is 13.2 Å². The normalized spacial score (nSPS) is 10.9. The monoisotopic (exact) mass is 326 g/mol. The number of benzene rings is 1. The van der Waals surface area contributed by atoms with Crippen LogP contribution in [0.5, 0.6) is 5.75 Å². The third kappa shape index (κ3) is 3.76. The number of fused-ring (bicyclic) bond motifs is 1. The molecule has 2 aromatic heterocycles. The van der Waals surface area contributed by atoms with Crippen molar-refractivity contribution >= 4 is 11.6 Å². The molecule has 0 unspecified atom stereocenters. The third-order valence-electron chi connectivity index (χ3n) is 3.85. The standard InChI is InChI=1S/C18H22N4O2/c1-2-3-14-24-16-6-4-15(5-7-16)18(23)19-10-11-21-12-13-22-17(21)8-9-20-22/h4-9,12-13H,2-3,10-11,14H2,1H3,(H,19,23). The Labute approximate surface area is 141 Å². The summed E-state index contributed by atoms with van der Waals surface area (Å²) in [6.45, 7) is 4.10. The van der Waals surface area contributed by atoms with E-state index >= 15 is 0 Å². The van der Waals surface area contributed by atoms with Gasteiger partial charge in [-0.3, -0.25) is 4.79 Å². The summed E-state index contributed by atoms with van der Waals surface area (Å²) in [6, 6.07) is 9.21. The van der Waals surface area contributed by atoms with Crippen LogP contribution in [0, 0.1) is 0 Å². The smallest absolute Gasteiger partial charge is 0.251 e. The van der Waals surface area contributed by atoms with Crippen LogP contribution in [0.15, 0.2) is 48.9 Å². The van der Waals surface area contributed by atoms with Gasteiger partial charge in [0.25, 0.3) is 5.91 Å². The Morgan fingerprint density at radius 2 is 2.04 bits per heavy atom. The lowest BCUT2D eigenvalue weighted by atomic mass is 10.2. The lowest BCUT2D eigenvalue weighted by Crippen LogP contribution is -2.27. The Kier molecular flexibility index (Phi) is 5.15. The van der Waals surface area contributed by atoms with Crippen LogP contribution in [-0.2, 0) is 6.54 Å². The van der Waals surface area contributed by atoms with Crippen LogP contribution in [-0.4, -0.2) is 33.2 Å². The first-order chi connectivity index (χ1) is 11.8. The van der Waals surface area contributed by atoms with E-state index in [9.17, 15) is 4.79 Å². The predicted octanol–water partition coefficient (Wildman–Crippen LogP) is 2.74. The quantitative estimate of drug-likeness (QED) is 0.648. The summed E-state index contributed by atoms with van der Waals surface area (Å²) < 4.78 is 9.46. The second kappa shape index (κ2) is 7.68. The van der Waals surface area contributed by atoms with Gasteiger partial charge >= 0.3 is 0 Å². The number of nitrogens with one attached hydrogen (secondary N) is 1. The Bertz CT molecular complexity index is 789. The van der Waals surface area contributed by atoms with Gasteiger partial charge in [0.05, 0.1) is 12.8 Å². The van der Waals surface area contributed by atoms with Gasteiger partial charge in [0.1, 0.15) is 11.4 Å². The molecule has 1 aromatic carbocycles. The van der Waals surface area contributed by atoms with Crippen LogP contribution in [0.3, 0.4) is 0 Å². The predicted molar refractivity (Wildman–Crippen MR) is 92.4 cm³/mol. The van der Waals surface area contributed by atoms with Crippen molar-refractivity contribution in [1.29, 1.82) is 0 Å². The van der Waals surface area contributed by atoms with E-state index in [0.29, 0.717) is 25.3 Å². The summed E-state index contributed by atoms with van der Waals surface area (Å²) in [5.41, 5.74) is 1.65. The zero-order valence-electron chi connectivity index (χ0n) is 13.8. The lowest BCUT2D eigenvalue weighted by Gasteiger charge is -2.08. The van der Waals surface area contributed by atoms with Crippen LogP contribution < -0.4 is 10.1 Å². The first-order valence-electron chi connectivity index (χ1n) is 8.27. The molecule has 0 radical (unpaired) electrons. The highest BCUT2D eigenvalue weighted by molar-refractivity contribution is 5.94. The number of unbranched alkanes of at least 4 members (excludes halogenated alkanes) is 1. The highest BCUT2D eigenvalue weighted by Gasteiger charge is 2.06. The molecule has 24 heavy (non-hydrogen) atoms. The summed E-state index contributed by atoms with van der Waals surface area (Å²) in [5.74, 6) is 0.724. The zero-order valence-corrected chi connectivity index (χ0v) is 13.8. The van der Waals surface area contributed by atoms with Crippen molar-refractivity contribution in [3.63, 3.8) is 0 Å². The largest absolute Gasteiger partial charge is 0.494 e. The van der Waals surface area contributed by atoms with E-state index in [0.717, 1.165) is 24.2 Å². The van der Waals surface area contributed by atoms with Gasteiger partial charge < -0.3 is 14.6 Å². The second-order valence-electron chi connectivity index (χ2n) is 5.61. The van der Waals surface area contributed by atoms with Crippen molar-refractivity contribution in [2.45, 2.75) is 26.3 Å². The van der Waals surface area contributed by atoms with Crippen molar-refractivity contribution in [1.82, 2.24) is 19.5 Å². The van der Waals surface area contributed by atoms with E-state index in [2.05, 4.69) is 21.9 Å². The molecule has 126 valence electrons. The topological polar surface area (TPSA) is 60.6 Å². The highest BCUT2D eigenvalue weighted by atomic mass is 16.5. The van der Waals surface area contributed by atoms with Gasteiger partial charge in [0.15, 0.2) is 0 Å². The number of aromatic nitrogens is 3. The number of ether oxygens (including phenoxy) is 1. The molecule has 0 aliphatic rings. The molecule has 0 aliphatic heterocycles. The van der Waals surface area contributed by atoms with E-state index < -0.39 is 0 Å². The van der Waals surface area contributed by atoms with Crippen LogP contribution in [0.1, 0.15) is 30.1 Å². The highest BCUT2D eigenvalue weighted by Crippen LogP contribution is 2.12. The van der Waals surface area contributed by atoms with Gasteiger partial charge in [0, 0.05) is 37.1 Å². The number of imidazole rings is 1. The Balaban J connectivity index is 1.49. The molecule has 0 fully saturated rings.